The van der Waals surface area contributed by atoms with Gasteiger partial charge in [-0.05, 0) is 94.8 Å². The second kappa shape index (κ2) is 13.1. The van der Waals surface area contributed by atoms with E-state index in [1.54, 1.807) is 43.9 Å². The first-order valence-electron chi connectivity index (χ1n) is 14.5. The molecule has 0 saturated heterocycles. The largest absolute Gasteiger partial charge is 0.508 e. The summed E-state index contributed by atoms with van der Waals surface area (Å²) < 4.78 is 5.51. The van der Waals surface area contributed by atoms with E-state index in [1.165, 1.54) is 12.1 Å². The Balaban J connectivity index is 1.77. The lowest BCUT2D eigenvalue weighted by atomic mass is 9.95. The van der Waals surface area contributed by atoms with Gasteiger partial charge < -0.3 is 25.4 Å². The number of phenols is 1. The smallest absolute Gasteiger partial charge is 0.408 e. The molecule has 0 aliphatic heterocycles. The minimum atomic E-state index is -1.04. The van der Waals surface area contributed by atoms with Crippen molar-refractivity contribution >= 4 is 35.2 Å². The number of alkyl carbamates (subject to hydrolysis) is 1. The van der Waals surface area contributed by atoms with Crippen molar-refractivity contribution in [2.75, 3.05) is 5.32 Å². The Morgan fingerprint density at radius 1 is 1.00 bits per heavy atom. The van der Waals surface area contributed by atoms with Gasteiger partial charge in [-0.15, -0.1) is 0 Å². The third-order valence-electron chi connectivity index (χ3n) is 7.28. The molecule has 3 amide bonds. The molecular weight excluding hydrogens is 566 g/mol. The summed E-state index contributed by atoms with van der Waals surface area (Å²) in [6, 6.07) is 15.4. The maximum absolute atomic E-state index is 14.6. The highest BCUT2D eigenvalue weighted by molar-refractivity contribution is 6.34. The van der Waals surface area contributed by atoms with Gasteiger partial charge in [0.25, 0.3) is 5.91 Å². The molecule has 0 heterocycles. The maximum Gasteiger partial charge on any atom is 0.408 e. The summed E-state index contributed by atoms with van der Waals surface area (Å²) in [4.78, 5) is 43.4. The molecule has 1 aliphatic rings. The van der Waals surface area contributed by atoms with Crippen LogP contribution in [0.5, 0.6) is 5.75 Å². The summed E-state index contributed by atoms with van der Waals surface area (Å²) in [5, 5.41) is 16.0. The van der Waals surface area contributed by atoms with Crippen LogP contribution in [0.1, 0.15) is 67.5 Å². The lowest BCUT2D eigenvalue weighted by Gasteiger charge is -2.35. The number of rotatable bonds is 9. The van der Waals surface area contributed by atoms with Crippen LogP contribution >= 0.6 is 11.6 Å². The lowest BCUT2D eigenvalue weighted by Crippen LogP contribution is -2.54. The Bertz CT molecular complexity index is 1470. The number of ether oxygens (including phenoxy) is 1. The summed E-state index contributed by atoms with van der Waals surface area (Å²) in [7, 11) is 0. The number of hydrogen-bond acceptors (Lipinski definition) is 5. The normalized spacial score (nSPS) is 14.4. The third-order valence-corrected chi connectivity index (χ3v) is 7.59. The number of halogens is 1. The first-order chi connectivity index (χ1) is 20.2. The fraction of sp³-hybridized carbons (Fsp3) is 0.382. The van der Waals surface area contributed by atoms with Crippen LogP contribution in [0.3, 0.4) is 0 Å². The summed E-state index contributed by atoms with van der Waals surface area (Å²) in [5.74, 6) is -0.714. The SMILES string of the molecule is Cc1ccc(C(C(=O)Nc2c(C)cccc2Cl)N(C(=O)C(Cc2ccc(O)cc2)NC(=O)OC(C)(C)C)C2CC2)c(C)c1. The molecule has 0 spiro atoms. The number of aromatic hydroxyl groups is 1. The second-order valence-electron chi connectivity index (χ2n) is 12.2. The van der Waals surface area contributed by atoms with E-state index in [1.807, 2.05) is 51.1 Å². The predicted octanol–water partition coefficient (Wildman–Crippen LogP) is 6.78. The number of carbonyl (C=O) groups is 3. The highest BCUT2D eigenvalue weighted by Gasteiger charge is 2.44. The molecule has 43 heavy (non-hydrogen) atoms. The van der Waals surface area contributed by atoms with Crippen molar-refractivity contribution < 1.29 is 24.2 Å². The van der Waals surface area contributed by atoms with E-state index in [2.05, 4.69) is 10.6 Å². The molecule has 2 atom stereocenters. The van der Waals surface area contributed by atoms with Crippen molar-refractivity contribution in [3.05, 3.63) is 93.5 Å². The van der Waals surface area contributed by atoms with Crippen LogP contribution < -0.4 is 10.6 Å². The predicted molar refractivity (Wildman–Crippen MR) is 168 cm³/mol. The average molecular weight is 606 g/mol. The minimum Gasteiger partial charge on any atom is -0.508 e. The van der Waals surface area contributed by atoms with Gasteiger partial charge in [-0.25, -0.2) is 4.79 Å². The molecule has 2 unspecified atom stereocenters. The Kier molecular flexibility index (Phi) is 9.70. The molecule has 1 aliphatic carbocycles. The number of para-hydroxylation sites is 1. The molecule has 3 N–H and O–H groups in total. The second-order valence-corrected chi connectivity index (χ2v) is 12.6. The van der Waals surface area contributed by atoms with Crippen LogP contribution in [0.25, 0.3) is 0 Å². The van der Waals surface area contributed by atoms with Gasteiger partial charge in [0.15, 0.2) is 0 Å². The fourth-order valence-electron chi connectivity index (χ4n) is 5.10. The van der Waals surface area contributed by atoms with E-state index >= 15 is 0 Å². The van der Waals surface area contributed by atoms with Crippen molar-refractivity contribution in [2.45, 2.75) is 84.5 Å². The number of phenolic OH excluding ortho intramolecular Hbond substituents is 1. The van der Waals surface area contributed by atoms with Crippen LogP contribution in [0, 0.1) is 20.8 Å². The van der Waals surface area contributed by atoms with E-state index in [9.17, 15) is 19.5 Å². The minimum absolute atomic E-state index is 0.0905. The zero-order valence-electron chi connectivity index (χ0n) is 25.5. The number of anilines is 1. The third kappa shape index (κ3) is 8.29. The molecule has 0 aromatic heterocycles. The number of benzene rings is 3. The Morgan fingerprint density at radius 3 is 2.26 bits per heavy atom. The first-order valence-corrected chi connectivity index (χ1v) is 14.8. The molecule has 9 heteroatoms. The number of hydrogen-bond donors (Lipinski definition) is 3. The molecule has 0 bridgehead atoms. The molecule has 4 rings (SSSR count). The van der Waals surface area contributed by atoms with Gasteiger partial charge in [0.2, 0.25) is 5.91 Å². The van der Waals surface area contributed by atoms with Gasteiger partial charge in [-0.1, -0.05) is 59.6 Å². The van der Waals surface area contributed by atoms with Gasteiger partial charge in [0.1, 0.15) is 23.4 Å². The molecule has 3 aromatic carbocycles. The Morgan fingerprint density at radius 2 is 1.67 bits per heavy atom. The van der Waals surface area contributed by atoms with E-state index in [-0.39, 0.29) is 18.2 Å². The molecule has 1 saturated carbocycles. The van der Waals surface area contributed by atoms with Crippen LogP contribution in [0.2, 0.25) is 5.02 Å². The monoisotopic (exact) mass is 605 g/mol. The van der Waals surface area contributed by atoms with Crippen LogP contribution in [-0.2, 0) is 20.7 Å². The number of nitrogens with one attached hydrogen (secondary N) is 2. The van der Waals surface area contributed by atoms with E-state index in [4.69, 9.17) is 16.3 Å². The molecule has 8 nitrogen and oxygen atoms in total. The van der Waals surface area contributed by atoms with Crippen LogP contribution in [-0.4, -0.2) is 45.6 Å². The average Bonchev–Trinajstić information content (AvgIpc) is 3.74. The molecule has 1 fully saturated rings. The topological polar surface area (TPSA) is 108 Å². The van der Waals surface area contributed by atoms with Gasteiger partial charge in [-0.3, -0.25) is 9.59 Å². The summed E-state index contributed by atoms with van der Waals surface area (Å²) in [5.41, 5.74) is 3.81. The van der Waals surface area contributed by atoms with Gasteiger partial charge in [0, 0.05) is 12.5 Å². The van der Waals surface area contributed by atoms with E-state index in [0.717, 1.165) is 35.1 Å². The zero-order valence-corrected chi connectivity index (χ0v) is 26.3. The summed E-state index contributed by atoms with van der Waals surface area (Å²) in [6.07, 6.45) is 0.847. The van der Waals surface area contributed by atoms with Crippen molar-refractivity contribution in [2.24, 2.45) is 0 Å². The number of nitrogens with zero attached hydrogens (tertiary/aromatic N) is 1. The number of aryl methyl sites for hydroxylation is 3. The van der Waals surface area contributed by atoms with Crippen molar-refractivity contribution in [1.82, 2.24) is 10.2 Å². The van der Waals surface area contributed by atoms with Crippen molar-refractivity contribution in [3.63, 3.8) is 0 Å². The Hall–Kier alpha value is -4.04. The van der Waals surface area contributed by atoms with Gasteiger partial charge >= 0.3 is 6.09 Å². The molecule has 3 aromatic rings. The van der Waals surface area contributed by atoms with Gasteiger partial charge in [-0.2, -0.15) is 0 Å². The van der Waals surface area contributed by atoms with Gasteiger partial charge in [0.05, 0.1) is 10.7 Å². The first kappa shape index (κ1) is 31.9. The molecule has 228 valence electrons. The van der Waals surface area contributed by atoms with E-state index < -0.39 is 35.6 Å². The zero-order chi connectivity index (χ0) is 31.5. The van der Waals surface area contributed by atoms with Crippen molar-refractivity contribution in [1.29, 1.82) is 0 Å². The lowest BCUT2D eigenvalue weighted by molar-refractivity contribution is -0.141. The van der Waals surface area contributed by atoms with Crippen LogP contribution in [0.15, 0.2) is 60.7 Å². The Labute approximate surface area is 258 Å². The summed E-state index contributed by atoms with van der Waals surface area (Å²) >= 11 is 6.48. The highest BCUT2D eigenvalue weighted by atomic mass is 35.5. The fourth-order valence-corrected chi connectivity index (χ4v) is 5.37. The quantitative estimate of drug-likeness (QED) is 0.249. The van der Waals surface area contributed by atoms with Crippen LogP contribution in [0.4, 0.5) is 10.5 Å². The molecule has 0 radical (unpaired) electrons. The summed E-state index contributed by atoms with van der Waals surface area (Å²) in [6.45, 7) is 11.0. The number of amides is 3. The highest BCUT2D eigenvalue weighted by Crippen LogP contribution is 2.38. The number of carbonyl (C=O) groups excluding carboxylic acids is 3. The maximum atomic E-state index is 14.6. The molecular formula is C34H40ClN3O5. The van der Waals surface area contributed by atoms with E-state index in [0.29, 0.717) is 16.3 Å². The van der Waals surface area contributed by atoms with Crippen molar-refractivity contribution in [3.8, 4) is 5.75 Å². The standard InChI is InChI=1S/C34H40ClN3O5/c1-20-10-17-26(22(3)18-20)30(31(40)37-29-21(2)8-7-9-27(29)35)38(24-13-14-24)32(41)28(36-33(42)43-34(4,5)6)19-23-11-15-25(39)16-12-23/h7-12,15-18,24,28,30,39H,13-14,19H2,1-6H3,(H,36,42)(H,37,40).